The number of ether oxygens (including phenoxy) is 1. The van der Waals surface area contributed by atoms with Gasteiger partial charge in [-0.15, -0.1) is 0 Å². The number of rotatable bonds is 13. The number of nitrogens with two attached hydrogens (primary N) is 1. The van der Waals surface area contributed by atoms with Crippen LogP contribution in [0, 0.1) is 13.8 Å². The van der Waals surface area contributed by atoms with Gasteiger partial charge in [-0.05, 0) is 66.4 Å². The van der Waals surface area contributed by atoms with Crippen molar-refractivity contribution >= 4 is 23.8 Å². The Kier molecular flexibility index (Phi) is 12.6. The monoisotopic (exact) mass is 518 g/mol. The number of hydrogen-bond donors (Lipinski definition) is 3. The molecule has 9 heteroatoms. The lowest BCUT2D eigenvalue weighted by Gasteiger charge is -2.35. The van der Waals surface area contributed by atoms with Crippen molar-refractivity contribution < 1.29 is 23.9 Å². The van der Waals surface area contributed by atoms with Gasteiger partial charge < -0.3 is 26.0 Å². The molecule has 1 aromatic rings. The third-order valence-corrected chi connectivity index (χ3v) is 5.65. The van der Waals surface area contributed by atoms with E-state index in [2.05, 4.69) is 10.6 Å². The summed E-state index contributed by atoms with van der Waals surface area (Å²) in [5, 5.41) is 5.66. The number of nitrogens with one attached hydrogen (secondary N) is 2. The van der Waals surface area contributed by atoms with Crippen LogP contribution in [0.3, 0.4) is 0 Å². The molecule has 0 bridgehead atoms. The van der Waals surface area contributed by atoms with Crippen LogP contribution in [0.5, 0.6) is 0 Å². The number of primary amides is 1. The van der Waals surface area contributed by atoms with E-state index in [-0.39, 0.29) is 31.3 Å². The molecule has 0 aliphatic heterocycles. The van der Waals surface area contributed by atoms with E-state index in [0.717, 1.165) is 24.0 Å². The lowest BCUT2D eigenvalue weighted by atomic mass is 9.97. The minimum absolute atomic E-state index is 0.0129. The van der Waals surface area contributed by atoms with Gasteiger partial charge in [0.2, 0.25) is 17.7 Å². The predicted molar refractivity (Wildman–Crippen MR) is 145 cm³/mol. The molecule has 3 unspecified atom stereocenters. The number of carbonyl (C=O) groups is 4. The highest BCUT2D eigenvalue weighted by molar-refractivity contribution is 5.92. The van der Waals surface area contributed by atoms with Gasteiger partial charge in [0.05, 0.1) is 0 Å². The molecule has 0 fully saturated rings. The maximum absolute atomic E-state index is 14.0. The first-order valence-electron chi connectivity index (χ1n) is 13.1. The molecule has 0 saturated carbocycles. The van der Waals surface area contributed by atoms with Crippen LogP contribution in [0.1, 0.15) is 96.4 Å². The number of benzene rings is 1. The van der Waals surface area contributed by atoms with Crippen molar-refractivity contribution in [2.75, 3.05) is 6.54 Å². The van der Waals surface area contributed by atoms with Gasteiger partial charge in [0.15, 0.2) is 0 Å². The van der Waals surface area contributed by atoms with Gasteiger partial charge in [0, 0.05) is 19.0 Å². The maximum Gasteiger partial charge on any atom is 0.408 e. The number of carbonyl (C=O) groups excluding carboxylic acids is 4. The number of alkyl carbamates (subject to hydrolysis) is 1. The molecule has 0 aromatic heterocycles. The van der Waals surface area contributed by atoms with E-state index in [1.807, 2.05) is 52.8 Å². The van der Waals surface area contributed by atoms with E-state index < -0.39 is 35.6 Å². The second-order valence-electron chi connectivity index (χ2n) is 10.8. The van der Waals surface area contributed by atoms with Crippen LogP contribution in [0.4, 0.5) is 4.79 Å². The summed E-state index contributed by atoms with van der Waals surface area (Å²) in [5.41, 5.74) is 7.20. The smallest absolute Gasteiger partial charge is 0.408 e. The Labute approximate surface area is 221 Å². The van der Waals surface area contributed by atoms with Gasteiger partial charge in [0.25, 0.3) is 0 Å². The van der Waals surface area contributed by atoms with Crippen molar-refractivity contribution in [3.05, 3.63) is 34.9 Å². The van der Waals surface area contributed by atoms with Crippen molar-refractivity contribution in [2.45, 2.75) is 111 Å². The molecule has 3 atom stereocenters. The third-order valence-electron chi connectivity index (χ3n) is 5.65. The lowest BCUT2D eigenvalue weighted by Crippen LogP contribution is -2.54. The highest BCUT2D eigenvalue weighted by Crippen LogP contribution is 2.26. The predicted octanol–water partition coefficient (Wildman–Crippen LogP) is 4.05. The normalized spacial score (nSPS) is 13.7. The van der Waals surface area contributed by atoms with Gasteiger partial charge in [0.1, 0.15) is 17.7 Å². The summed E-state index contributed by atoms with van der Waals surface area (Å²) in [6, 6.07) is 3.72. The van der Waals surface area contributed by atoms with E-state index in [1.165, 1.54) is 4.90 Å². The molecule has 0 aliphatic rings. The first-order chi connectivity index (χ1) is 17.2. The minimum atomic E-state index is -1.09. The summed E-state index contributed by atoms with van der Waals surface area (Å²) < 4.78 is 5.35. The molecule has 1 rings (SSSR count). The largest absolute Gasteiger partial charge is 0.444 e. The van der Waals surface area contributed by atoms with E-state index in [0.29, 0.717) is 12.0 Å². The van der Waals surface area contributed by atoms with Crippen LogP contribution in [-0.4, -0.2) is 52.9 Å². The van der Waals surface area contributed by atoms with E-state index in [4.69, 9.17) is 10.5 Å². The quantitative estimate of drug-likeness (QED) is 0.363. The second kappa shape index (κ2) is 14.6. The molecule has 0 heterocycles. The fraction of sp³-hybridized carbons (Fsp3) is 0.643. The number of hydrogen-bond acceptors (Lipinski definition) is 5. The highest BCUT2D eigenvalue weighted by atomic mass is 16.6. The van der Waals surface area contributed by atoms with Crippen molar-refractivity contribution in [1.82, 2.24) is 15.5 Å². The molecule has 0 radical (unpaired) electrons. The van der Waals surface area contributed by atoms with Crippen LogP contribution < -0.4 is 16.4 Å². The minimum Gasteiger partial charge on any atom is -0.444 e. The standard InChI is InChI=1S/C28H46N4O5/c1-9-11-20(5)30-25(34)24(21-16-18(3)15-19(4)17-21)32(14-10-2)26(35)22(12-13-23(29)33)31-27(36)37-28(6,7)8/h15-17,20,22,24H,9-14H2,1-8H3,(H2,29,33)(H,30,34)(H,31,36). The van der Waals surface area contributed by atoms with E-state index in [1.54, 1.807) is 20.8 Å². The molecule has 1 aromatic carbocycles. The molecule has 37 heavy (non-hydrogen) atoms. The fourth-order valence-electron chi connectivity index (χ4n) is 4.27. The number of aryl methyl sites for hydroxylation is 2. The van der Waals surface area contributed by atoms with Crippen molar-refractivity contribution in [3.8, 4) is 0 Å². The number of amides is 4. The van der Waals surface area contributed by atoms with E-state index in [9.17, 15) is 19.2 Å². The molecule has 0 saturated heterocycles. The van der Waals surface area contributed by atoms with Gasteiger partial charge in [-0.3, -0.25) is 14.4 Å². The highest BCUT2D eigenvalue weighted by Gasteiger charge is 2.36. The zero-order valence-electron chi connectivity index (χ0n) is 23.8. The Balaban J connectivity index is 3.51. The van der Waals surface area contributed by atoms with Gasteiger partial charge in [-0.1, -0.05) is 49.6 Å². The van der Waals surface area contributed by atoms with Crippen molar-refractivity contribution in [2.24, 2.45) is 5.73 Å². The Morgan fingerprint density at radius 3 is 2.05 bits per heavy atom. The van der Waals surface area contributed by atoms with Crippen molar-refractivity contribution in [3.63, 3.8) is 0 Å². The van der Waals surface area contributed by atoms with Gasteiger partial charge >= 0.3 is 6.09 Å². The summed E-state index contributed by atoms with van der Waals surface area (Å²) in [4.78, 5) is 53.3. The van der Waals surface area contributed by atoms with Crippen molar-refractivity contribution in [1.29, 1.82) is 0 Å². The Bertz CT molecular complexity index is 921. The SMILES string of the molecule is CCCC(C)NC(=O)C(c1cc(C)cc(C)c1)N(CCC)C(=O)C(CCC(N)=O)NC(=O)OC(C)(C)C. The van der Waals surface area contributed by atoms with Crippen LogP contribution in [-0.2, 0) is 19.1 Å². The zero-order chi connectivity index (χ0) is 28.3. The first kappa shape index (κ1) is 31.9. The Hall–Kier alpha value is -3.10. The van der Waals surface area contributed by atoms with Crippen LogP contribution in [0.2, 0.25) is 0 Å². The zero-order valence-corrected chi connectivity index (χ0v) is 23.8. The number of nitrogens with zero attached hydrogens (tertiary/aromatic N) is 1. The summed E-state index contributed by atoms with van der Waals surface area (Å²) >= 11 is 0. The summed E-state index contributed by atoms with van der Waals surface area (Å²) in [5.74, 6) is -1.36. The average molecular weight is 519 g/mol. The van der Waals surface area contributed by atoms with E-state index >= 15 is 0 Å². The van der Waals surface area contributed by atoms with Crippen LogP contribution in [0.25, 0.3) is 0 Å². The summed E-state index contributed by atoms with van der Waals surface area (Å²) in [6.45, 7) is 15.2. The fourth-order valence-corrected chi connectivity index (χ4v) is 4.27. The van der Waals surface area contributed by atoms with Gasteiger partial charge in [-0.25, -0.2) is 4.79 Å². The second-order valence-corrected chi connectivity index (χ2v) is 10.8. The molecule has 0 aliphatic carbocycles. The topological polar surface area (TPSA) is 131 Å². The maximum atomic E-state index is 14.0. The first-order valence-corrected chi connectivity index (χ1v) is 13.1. The third kappa shape index (κ3) is 11.2. The molecule has 9 nitrogen and oxygen atoms in total. The molecular formula is C28H46N4O5. The van der Waals surface area contributed by atoms with Gasteiger partial charge in [-0.2, -0.15) is 0 Å². The summed E-state index contributed by atoms with van der Waals surface area (Å²) in [6.07, 6.45) is 1.38. The lowest BCUT2D eigenvalue weighted by molar-refractivity contribution is -0.143. The molecule has 0 spiro atoms. The summed E-state index contributed by atoms with van der Waals surface area (Å²) in [7, 11) is 0. The molecule has 208 valence electrons. The van der Waals surface area contributed by atoms with Crippen LogP contribution >= 0.6 is 0 Å². The van der Waals surface area contributed by atoms with Crippen LogP contribution in [0.15, 0.2) is 18.2 Å². The average Bonchev–Trinajstić information content (AvgIpc) is 2.73. The Morgan fingerprint density at radius 1 is 0.973 bits per heavy atom. The Morgan fingerprint density at radius 2 is 1.57 bits per heavy atom. The molecule has 4 N–H and O–H groups in total. The molecule has 4 amide bonds. The molecular weight excluding hydrogens is 472 g/mol.